The van der Waals surface area contributed by atoms with Gasteiger partial charge in [0.15, 0.2) is 0 Å². The molecule has 2 aliphatic heterocycles. The Labute approximate surface area is 229 Å². The highest BCUT2D eigenvalue weighted by Gasteiger charge is 2.54. The van der Waals surface area contributed by atoms with Gasteiger partial charge >= 0.3 is 0 Å². The number of nitrogens with one attached hydrogen (secondary N) is 1. The highest BCUT2D eigenvalue weighted by molar-refractivity contribution is 5.99. The first-order valence-corrected chi connectivity index (χ1v) is 13.5. The SMILES string of the molecule is Cc1ccc(C(=O)N2[C@@H](C(=O)N[C@H](C)c3ccccc3)COC23CCN(C(=O)c2ccccc2C)CC3)cc1. The molecule has 0 bridgehead atoms. The summed E-state index contributed by atoms with van der Waals surface area (Å²) in [6.07, 6.45) is 0.862. The standard InChI is InChI=1S/C32H35N3O4/c1-22-13-15-26(16-14-22)30(37)35-28(29(36)33-24(3)25-10-5-4-6-11-25)21-39-32(35)17-19-34(20-18-32)31(38)27-12-8-7-9-23(27)2/h4-16,24,28H,17-21H2,1-3H3,(H,33,36)/t24-,28-/m1/s1. The Morgan fingerprint density at radius 2 is 1.51 bits per heavy atom. The van der Waals surface area contributed by atoms with Gasteiger partial charge in [0, 0.05) is 37.1 Å². The zero-order valence-electron chi connectivity index (χ0n) is 22.7. The summed E-state index contributed by atoms with van der Waals surface area (Å²) in [5.74, 6) is -0.510. The largest absolute Gasteiger partial charge is 0.353 e. The van der Waals surface area contributed by atoms with Crippen LogP contribution in [-0.4, -0.2) is 59.0 Å². The van der Waals surface area contributed by atoms with E-state index in [1.807, 2.05) is 92.4 Å². The van der Waals surface area contributed by atoms with E-state index in [4.69, 9.17) is 4.74 Å². The van der Waals surface area contributed by atoms with Gasteiger partial charge < -0.3 is 15.0 Å². The first-order valence-electron chi connectivity index (χ1n) is 13.5. The van der Waals surface area contributed by atoms with Crippen molar-refractivity contribution in [2.75, 3.05) is 19.7 Å². The number of nitrogens with zero attached hydrogens (tertiary/aromatic N) is 2. The van der Waals surface area contributed by atoms with Crippen molar-refractivity contribution in [2.24, 2.45) is 0 Å². The summed E-state index contributed by atoms with van der Waals surface area (Å²) in [6, 6.07) is 23.7. The smallest absolute Gasteiger partial charge is 0.256 e. The van der Waals surface area contributed by atoms with Crippen LogP contribution in [0.4, 0.5) is 0 Å². The maximum absolute atomic E-state index is 14.0. The Hall–Kier alpha value is -3.97. The second-order valence-corrected chi connectivity index (χ2v) is 10.6. The van der Waals surface area contributed by atoms with Gasteiger partial charge in [0.05, 0.1) is 12.6 Å². The Morgan fingerprint density at radius 1 is 0.872 bits per heavy atom. The topological polar surface area (TPSA) is 79.0 Å². The molecule has 2 saturated heterocycles. The van der Waals surface area contributed by atoms with Crippen molar-refractivity contribution in [3.05, 3.63) is 107 Å². The normalized spacial score (nSPS) is 19.1. The van der Waals surface area contributed by atoms with Gasteiger partial charge in [-0.3, -0.25) is 19.3 Å². The zero-order valence-corrected chi connectivity index (χ0v) is 22.7. The number of hydrogen-bond acceptors (Lipinski definition) is 4. The van der Waals surface area contributed by atoms with Gasteiger partial charge in [0.1, 0.15) is 11.8 Å². The van der Waals surface area contributed by atoms with E-state index in [2.05, 4.69) is 5.32 Å². The minimum absolute atomic E-state index is 0.0247. The first-order chi connectivity index (χ1) is 18.8. The molecule has 0 aliphatic carbocycles. The summed E-state index contributed by atoms with van der Waals surface area (Å²) >= 11 is 0. The number of carbonyl (C=O) groups is 3. The van der Waals surface area contributed by atoms with Crippen molar-refractivity contribution >= 4 is 17.7 Å². The molecule has 1 N–H and O–H groups in total. The quantitative estimate of drug-likeness (QED) is 0.526. The molecule has 7 nitrogen and oxygen atoms in total. The maximum atomic E-state index is 14.0. The lowest BCUT2D eigenvalue weighted by molar-refractivity contribution is -0.128. The van der Waals surface area contributed by atoms with Gasteiger partial charge in [-0.05, 0) is 50.1 Å². The number of likely N-dealkylation sites (tertiary alicyclic amines) is 1. The molecule has 3 amide bonds. The second kappa shape index (κ2) is 11.0. The van der Waals surface area contributed by atoms with E-state index >= 15 is 0 Å². The molecular formula is C32H35N3O4. The molecule has 2 atom stereocenters. The maximum Gasteiger partial charge on any atom is 0.256 e. The number of carbonyl (C=O) groups excluding carboxylic acids is 3. The number of amides is 3. The number of rotatable bonds is 5. The monoisotopic (exact) mass is 525 g/mol. The molecule has 1 spiro atoms. The fourth-order valence-corrected chi connectivity index (χ4v) is 5.58. The molecular weight excluding hydrogens is 490 g/mol. The van der Waals surface area contributed by atoms with Crippen molar-refractivity contribution in [1.82, 2.24) is 15.1 Å². The van der Waals surface area contributed by atoms with Gasteiger partial charge in [-0.25, -0.2) is 0 Å². The van der Waals surface area contributed by atoms with Crippen LogP contribution >= 0.6 is 0 Å². The lowest BCUT2D eigenvalue weighted by atomic mass is 9.95. The van der Waals surface area contributed by atoms with Crippen LogP contribution < -0.4 is 5.32 Å². The van der Waals surface area contributed by atoms with Crippen LogP contribution in [0.25, 0.3) is 0 Å². The molecule has 2 aliphatic rings. The van der Waals surface area contributed by atoms with Crippen molar-refractivity contribution < 1.29 is 19.1 Å². The molecule has 0 radical (unpaired) electrons. The number of aryl methyl sites for hydroxylation is 2. The minimum Gasteiger partial charge on any atom is -0.353 e. The van der Waals surface area contributed by atoms with Crippen molar-refractivity contribution in [3.8, 4) is 0 Å². The molecule has 0 unspecified atom stereocenters. The summed E-state index contributed by atoms with van der Waals surface area (Å²) in [5.41, 5.74) is 3.20. The van der Waals surface area contributed by atoms with Gasteiger partial charge in [-0.15, -0.1) is 0 Å². The minimum atomic E-state index is -0.956. The summed E-state index contributed by atoms with van der Waals surface area (Å²) in [4.78, 5) is 44.3. The third kappa shape index (κ3) is 5.32. The third-order valence-electron chi connectivity index (χ3n) is 7.95. The van der Waals surface area contributed by atoms with Crippen molar-refractivity contribution in [2.45, 2.75) is 51.4 Å². The van der Waals surface area contributed by atoms with Crippen molar-refractivity contribution in [1.29, 1.82) is 0 Å². The van der Waals surface area contributed by atoms with E-state index in [-0.39, 0.29) is 30.4 Å². The van der Waals surface area contributed by atoms with E-state index in [9.17, 15) is 14.4 Å². The van der Waals surface area contributed by atoms with E-state index in [1.54, 1.807) is 17.0 Å². The number of piperidine rings is 1. The van der Waals surface area contributed by atoms with Gasteiger partial charge in [-0.2, -0.15) is 0 Å². The van der Waals surface area contributed by atoms with E-state index in [1.165, 1.54) is 0 Å². The van der Waals surface area contributed by atoms with Crippen LogP contribution in [0, 0.1) is 13.8 Å². The molecule has 0 aromatic heterocycles. The summed E-state index contributed by atoms with van der Waals surface area (Å²) < 4.78 is 6.35. The molecule has 3 aromatic carbocycles. The van der Waals surface area contributed by atoms with Crippen LogP contribution in [-0.2, 0) is 9.53 Å². The predicted molar refractivity (Wildman–Crippen MR) is 149 cm³/mol. The van der Waals surface area contributed by atoms with Crippen LogP contribution in [0.2, 0.25) is 0 Å². The number of ether oxygens (including phenoxy) is 1. The lowest BCUT2D eigenvalue weighted by Crippen LogP contribution is -2.60. The van der Waals surface area contributed by atoms with Gasteiger partial charge in [0.2, 0.25) is 5.91 Å². The lowest BCUT2D eigenvalue weighted by Gasteiger charge is -2.44. The van der Waals surface area contributed by atoms with Crippen LogP contribution in [0.1, 0.15) is 63.2 Å². The van der Waals surface area contributed by atoms with E-state index < -0.39 is 11.8 Å². The summed E-state index contributed by atoms with van der Waals surface area (Å²) in [5, 5.41) is 3.08. The number of hydrogen-bond donors (Lipinski definition) is 1. The first kappa shape index (κ1) is 26.6. The van der Waals surface area contributed by atoms with E-state index in [0.717, 1.165) is 16.7 Å². The second-order valence-electron chi connectivity index (χ2n) is 10.6. The van der Waals surface area contributed by atoms with Crippen LogP contribution in [0.15, 0.2) is 78.9 Å². The molecule has 2 fully saturated rings. The average Bonchev–Trinajstić information content (AvgIpc) is 3.32. The molecule has 202 valence electrons. The Morgan fingerprint density at radius 3 is 2.18 bits per heavy atom. The molecule has 0 saturated carbocycles. The molecule has 7 heteroatoms. The summed E-state index contributed by atoms with van der Waals surface area (Å²) in [6.45, 7) is 6.80. The fourth-order valence-electron chi connectivity index (χ4n) is 5.58. The Bertz CT molecular complexity index is 1350. The van der Waals surface area contributed by atoms with Gasteiger partial charge in [-0.1, -0.05) is 66.2 Å². The number of benzene rings is 3. The molecule has 2 heterocycles. The van der Waals surface area contributed by atoms with E-state index in [0.29, 0.717) is 37.1 Å². The Kier molecular flexibility index (Phi) is 7.53. The predicted octanol–water partition coefficient (Wildman–Crippen LogP) is 4.65. The third-order valence-corrected chi connectivity index (χ3v) is 7.95. The highest BCUT2D eigenvalue weighted by Crippen LogP contribution is 2.39. The van der Waals surface area contributed by atoms with Gasteiger partial charge in [0.25, 0.3) is 11.8 Å². The molecule has 3 aromatic rings. The molecule has 5 rings (SSSR count). The van der Waals surface area contributed by atoms with Crippen LogP contribution in [0.5, 0.6) is 0 Å². The highest BCUT2D eigenvalue weighted by atomic mass is 16.5. The average molecular weight is 526 g/mol. The Balaban J connectivity index is 1.38. The zero-order chi connectivity index (χ0) is 27.6. The van der Waals surface area contributed by atoms with Crippen LogP contribution in [0.3, 0.4) is 0 Å². The summed E-state index contributed by atoms with van der Waals surface area (Å²) in [7, 11) is 0. The fraction of sp³-hybridized carbons (Fsp3) is 0.344. The molecule has 39 heavy (non-hydrogen) atoms. The van der Waals surface area contributed by atoms with Crippen molar-refractivity contribution in [3.63, 3.8) is 0 Å².